The van der Waals surface area contributed by atoms with Gasteiger partial charge in [-0.05, 0) is 19.1 Å². The lowest BCUT2D eigenvalue weighted by Crippen LogP contribution is -2.45. The number of nitrogens with zero attached hydrogens (tertiary/aromatic N) is 4. The second-order valence-electron chi connectivity index (χ2n) is 5.35. The molecule has 9 heteroatoms. The molecule has 0 aliphatic carbocycles. The van der Waals surface area contributed by atoms with E-state index in [-0.39, 0.29) is 19.3 Å². The number of allylic oxidation sites excluding steroid dienone is 1. The summed E-state index contributed by atoms with van der Waals surface area (Å²) in [6, 6.07) is 5.38. The predicted octanol–water partition coefficient (Wildman–Crippen LogP) is 1.73. The van der Waals surface area contributed by atoms with E-state index in [0.717, 1.165) is 0 Å². The predicted molar refractivity (Wildman–Crippen MR) is 90.5 cm³/mol. The molecule has 2 aliphatic rings. The Morgan fingerprint density at radius 3 is 3.08 bits per heavy atom. The minimum absolute atomic E-state index is 0.0136. The highest BCUT2D eigenvalue weighted by molar-refractivity contribution is 7.99. The fourth-order valence-electron chi connectivity index (χ4n) is 2.53. The van der Waals surface area contributed by atoms with Crippen LogP contribution in [0.5, 0.6) is 17.2 Å². The van der Waals surface area contributed by atoms with Crippen LogP contribution in [-0.2, 0) is 11.4 Å². The second-order valence-corrected chi connectivity index (χ2v) is 6.29. The van der Waals surface area contributed by atoms with Gasteiger partial charge >= 0.3 is 0 Å². The fourth-order valence-corrected chi connectivity index (χ4v) is 3.36. The summed E-state index contributed by atoms with van der Waals surface area (Å²) in [4.78, 5) is 12.2. The van der Waals surface area contributed by atoms with Crippen LogP contribution < -0.4 is 19.2 Å². The highest BCUT2D eigenvalue weighted by Gasteiger charge is 2.28. The summed E-state index contributed by atoms with van der Waals surface area (Å²) in [5.74, 6) is 2.93. The molecule has 0 N–H and O–H groups in total. The Labute approximate surface area is 148 Å². The summed E-state index contributed by atoms with van der Waals surface area (Å²) >= 11 is 1.37. The number of benzene rings is 1. The molecule has 2 aliphatic heterocycles. The number of carbonyl (C=O) groups excluding carboxylic acids is 1. The average molecular weight is 360 g/mol. The SMILES string of the molecule is C/C=C/CN1C(=O)CSc2nnc(COc3ccc4c(c3)OCO4)n21. The highest BCUT2D eigenvalue weighted by Crippen LogP contribution is 2.35. The summed E-state index contributed by atoms with van der Waals surface area (Å²) < 4.78 is 18.2. The molecule has 4 rings (SSSR count). The quantitative estimate of drug-likeness (QED) is 0.752. The molecule has 0 radical (unpaired) electrons. The number of thioether (sulfide) groups is 1. The van der Waals surface area contributed by atoms with Crippen LogP contribution >= 0.6 is 11.8 Å². The maximum Gasteiger partial charge on any atom is 0.252 e. The van der Waals surface area contributed by atoms with Crippen molar-refractivity contribution in [1.29, 1.82) is 0 Å². The van der Waals surface area contributed by atoms with Gasteiger partial charge in [-0.2, -0.15) is 0 Å². The number of amides is 1. The Morgan fingerprint density at radius 2 is 2.20 bits per heavy atom. The monoisotopic (exact) mass is 360 g/mol. The van der Waals surface area contributed by atoms with E-state index >= 15 is 0 Å². The van der Waals surface area contributed by atoms with Crippen molar-refractivity contribution in [2.75, 3.05) is 24.1 Å². The number of carbonyl (C=O) groups is 1. The first kappa shape index (κ1) is 15.8. The normalized spacial score (nSPS) is 15.7. The molecule has 0 unspecified atom stereocenters. The molecule has 1 aromatic carbocycles. The van der Waals surface area contributed by atoms with Gasteiger partial charge in [-0.1, -0.05) is 23.9 Å². The molecule has 8 nitrogen and oxygen atoms in total. The van der Waals surface area contributed by atoms with E-state index in [1.807, 2.05) is 19.1 Å². The standard InChI is InChI=1S/C16H16N4O4S/c1-2-3-6-19-15(21)9-25-16-18-17-14(20(16)19)8-22-11-4-5-12-13(7-11)24-10-23-12/h2-5,7H,6,8-10H2,1H3/b3-2+. The third-order valence-electron chi connectivity index (χ3n) is 3.76. The van der Waals surface area contributed by atoms with Gasteiger partial charge < -0.3 is 14.2 Å². The van der Waals surface area contributed by atoms with Crippen molar-refractivity contribution in [3.8, 4) is 17.2 Å². The molecular formula is C16H16N4O4S. The van der Waals surface area contributed by atoms with Crippen LogP contribution in [0.3, 0.4) is 0 Å². The second kappa shape index (κ2) is 6.67. The van der Waals surface area contributed by atoms with Crippen LogP contribution in [0.1, 0.15) is 12.7 Å². The number of ether oxygens (including phenoxy) is 3. The Kier molecular flexibility index (Phi) is 4.22. The van der Waals surface area contributed by atoms with Gasteiger partial charge in [-0.3, -0.25) is 4.79 Å². The van der Waals surface area contributed by atoms with Crippen LogP contribution in [0.4, 0.5) is 0 Å². The minimum Gasteiger partial charge on any atom is -0.485 e. The molecular weight excluding hydrogens is 344 g/mol. The molecule has 1 aromatic heterocycles. The van der Waals surface area contributed by atoms with E-state index in [1.165, 1.54) is 11.8 Å². The third kappa shape index (κ3) is 3.02. The molecule has 0 atom stereocenters. The lowest BCUT2D eigenvalue weighted by molar-refractivity contribution is -0.117. The van der Waals surface area contributed by atoms with Crippen molar-refractivity contribution in [3.05, 3.63) is 36.2 Å². The summed E-state index contributed by atoms with van der Waals surface area (Å²) in [7, 11) is 0. The maximum absolute atomic E-state index is 12.2. The summed E-state index contributed by atoms with van der Waals surface area (Å²) in [6.07, 6.45) is 3.82. The molecule has 0 saturated carbocycles. The van der Waals surface area contributed by atoms with Gasteiger partial charge in [0.1, 0.15) is 12.4 Å². The van der Waals surface area contributed by atoms with Gasteiger partial charge in [0.05, 0.1) is 12.3 Å². The van der Waals surface area contributed by atoms with Gasteiger partial charge in [-0.15, -0.1) is 10.2 Å². The van der Waals surface area contributed by atoms with Gasteiger partial charge in [-0.25, -0.2) is 9.69 Å². The van der Waals surface area contributed by atoms with E-state index in [4.69, 9.17) is 14.2 Å². The Balaban J connectivity index is 1.54. The first-order valence-electron chi connectivity index (χ1n) is 7.77. The van der Waals surface area contributed by atoms with E-state index in [0.29, 0.717) is 40.5 Å². The van der Waals surface area contributed by atoms with Gasteiger partial charge in [0.15, 0.2) is 17.3 Å². The summed E-state index contributed by atoms with van der Waals surface area (Å²) in [6.45, 7) is 2.79. The van der Waals surface area contributed by atoms with Crippen LogP contribution in [0.2, 0.25) is 0 Å². The topological polar surface area (TPSA) is 78.7 Å². The van der Waals surface area contributed by atoms with Crippen molar-refractivity contribution in [2.45, 2.75) is 18.7 Å². The first-order valence-corrected chi connectivity index (χ1v) is 8.76. The van der Waals surface area contributed by atoms with E-state index < -0.39 is 0 Å². The molecule has 3 heterocycles. The molecule has 0 spiro atoms. The number of fused-ring (bicyclic) bond motifs is 2. The Morgan fingerprint density at radius 1 is 1.32 bits per heavy atom. The molecule has 0 fully saturated rings. The Hall–Kier alpha value is -2.68. The number of hydrogen-bond donors (Lipinski definition) is 0. The molecule has 25 heavy (non-hydrogen) atoms. The number of hydrogen-bond acceptors (Lipinski definition) is 7. The van der Waals surface area contributed by atoms with E-state index in [1.54, 1.807) is 27.9 Å². The van der Waals surface area contributed by atoms with Crippen molar-refractivity contribution in [1.82, 2.24) is 14.9 Å². The van der Waals surface area contributed by atoms with Gasteiger partial charge in [0, 0.05) is 6.07 Å². The lowest BCUT2D eigenvalue weighted by Gasteiger charge is -2.28. The largest absolute Gasteiger partial charge is 0.485 e. The van der Waals surface area contributed by atoms with Gasteiger partial charge in [0.2, 0.25) is 11.9 Å². The minimum atomic E-state index is 0.0136. The molecule has 130 valence electrons. The van der Waals surface area contributed by atoms with E-state index in [2.05, 4.69) is 10.2 Å². The summed E-state index contributed by atoms with van der Waals surface area (Å²) in [5, 5.41) is 10.6. The smallest absolute Gasteiger partial charge is 0.252 e. The first-order chi connectivity index (χ1) is 12.3. The maximum atomic E-state index is 12.2. The van der Waals surface area contributed by atoms with Crippen LogP contribution in [0.25, 0.3) is 0 Å². The van der Waals surface area contributed by atoms with Crippen LogP contribution in [0, 0.1) is 0 Å². The van der Waals surface area contributed by atoms with Crippen molar-refractivity contribution in [3.63, 3.8) is 0 Å². The molecule has 0 bridgehead atoms. The number of aromatic nitrogens is 3. The zero-order valence-corrected chi connectivity index (χ0v) is 14.4. The van der Waals surface area contributed by atoms with Crippen LogP contribution in [-0.4, -0.2) is 39.9 Å². The zero-order valence-electron chi connectivity index (χ0n) is 13.5. The summed E-state index contributed by atoms with van der Waals surface area (Å²) in [5.41, 5.74) is 0. The van der Waals surface area contributed by atoms with E-state index in [9.17, 15) is 4.79 Å². The molecule has 0 saturated heterocycles. The van der Waals surface area contributed by atoms with Crippen LogP contribution in [0.15, 0.2) is 35.5 Å². The van der Waals surface area contributed by atoms with Crippen molar-refractivity contribution in [2.24, 2.45) is 0 Å². The number of rotatable bonds is 5. The highest BCUT2D eigenvalue weighted by atomic mass is 32.2. The third-order valence-corrected chi connectivity index (χ3v) is 4.66. The molecule has 2 aromatic rings. The van der Waals surface area contributed by atoms with Crippen molar-refractivity contribution < 1.29 is 19.0 Å². The average Bonchev–Trinajstić information content (AvgIpc) is 3.25. The Bertz CT molecular complexity index is 836. The molecule has 1 amide bonds. The van der Waals surface area contributed by atoms with Crippen molar-refractivity contribution >= 4 is 17.7 Å². The zero-order chi connectivity index (χ0) is 17.2. The van der Waals surface area contributed by atoms with Gasteiger partial charge in [0.25, 0.3) is 5.91 Å². The lowest BCUT2D eigenvalue weighted by atomic mass is 10.3. The fraction of sp³-hybridized carbons (Fsp3) is 0.312.